The Labute approximate surface area is 96.2 Å². The largest absolute Gasteiger partial charge is 0.463 e. The van der Waals surface area contributed by atoms with Gasteiger partial charge in [-0.15, -0.1) is 0 Å². The molecule has 0 aromatic heterocycles. The molecule has 0 aromatic carbocycles. The zero-order valence-corrected chi connectivity index (χ0v) is 9.00. The first-order valence-corrected chi connectivity index (χ1v) is 4.84. The zero-order valence-electron chi connectivity index (χ0n) is 9.00. The number of hydrogen-bond acceptors (Lipinski definition) is 7. The number of carbonyl (C=O) groups is 1. The summed E-state index contributed by atoms with van der Waals surface area (Å²) in [6.45, 7) is 0.864. The second kappa shape index (κ2) is 5.80. The van der Waals surface area contributed by atoms with E-state index >= 15 is 0 Å². The molecule has 0 aromatic rings. The third kappa shape index (κ3) is 3.29. The standard InChI is InChI=1S/C8H13N3O6/c1-3(12)16-2-4-5(13)6(14)7(15)8(17-4)10-11-9/h4-8,13-15H,2H2,1H3/t4-,5-,6-,7-,8+/m0/s1. The van der Waals surface area contributed by atoms with Crippen LogP contribution in [-0.2, 0) is 14.3 Å². The Balaban J connectivity index is 2.70. The summed E-state index contributed by atoms with van der Waals surface area (Å²) < 4.78 is 9.62. The molecule has 0 aliphatic carbocycles. The highest BCUT2D eigenvalue weighted by Crippen LogP contribution is 2.22. The Bertz CT molecular complexity index is 331. The average Bonchev–Trinajstić information content (AvgIpc) is 2.28. The number of carbonyl (C=O) groups excluding carboxylic acids is 1. The van der Waals surface area contributed by atoms with Gasteiger partial charge in [-0.1, -0.05) is 5.11 Å². The Morgan fingerprint density at radius 2 is 2.06 bits per heavy atom. The molecular formula is C8H13N3O6. The first-order valence-electron chi connectivity index (χ1n) is 4.84. The smallest absolute Gasteiger partial charge is 0.302 e. The number of azide groups is 1. The summed E-state index contributed by atoms with van der Waals surface area (Å²) in [6.07, 6.45) is -6.91. The molecule has 17 heavy (non-hydrogen) atoms. The SMILES string of the molecule is CC(=O)OC[C@@H]1O[C@@H](N=[N+]=[N-])[C@@H](O)[C@@H](O)[C@H]1O. The lowest BCUT2D eigenvalue weighted by Crippen LogP contribution is -2.58. The van der Waals surface area contributed by atoms with E-state index in [1.165, 1.54) is 6.92 Å². The number of aliphatic hydroxyl groups excluding tert-OH is 3. The number of esters is 1. The van der Waals surface area contributed by atoms with Crippen molar-refractivity contribution in [3.8, 4) is 0 Å². The molecule has 0 amide bonds. The van der Waals surface area contributed by atoms with Gasteiger partial charge < -0.3 is 24.8 Å². The van der Waals surface area contributed by atoms with Gasteiger partial charge in [-0.2, -0.15) is 0 Å². The molecule has 0 saturated carbocycles. The van der Waals surface area contributed by atoms with E-state index in [9.17, 15) is 20.1 Å². The summed E-state index contributed by atoms with van der Waals surface area (Å²) in [5.41, 5.74) is 8.23. The van der Waals surface area contributed by atoms with Crippen LogP contribution in [0.25, 0.3) is 10.4 Å². The second-order valence-electron chi connectivity index (χ2n) is 3.54. The molecule has 1 rings (SSSR count). The van der Waals surface area contributed by atoms with Crippen LogP contribution in [0.2, 0.25) is 0 Å². The van der Waals surface area contributed by atoms with Crippen molar-refractivity contribution in [2.45, 2.75) is 37.6 Å². The molecule has 96 valence electrons. The number of rotatable bonds is 3. The molecule has 1 fully saturated rings. The van der Waals surface area contributed by atoms with E-state index in [4.69, 9.17) is 10.3 Å². The molecule has 1 saturated heterocycles. The summed E-state index contributed by atoms with van der Waals surface area (Å²) in [6, 6.07) is 0. The first-order chi connectivity index (χ1) is 7.97. The van der Waals surface area contributed by atoms with E-state index in [0.717, 1.165) is 0 Å². The van der Waals surface area contributed by atoms with Crippen molar-refractivity contribution in [1.29, 1.82) is 0 Å². The van der Waals surface area contributed by atoms with Gasteiger partial charge in [-0.25, -0.2) is 0 Å². The molecule has 0 spiro atoms. The average molecular weight is 247 g/mol. The van der Waals surface area contributed by atoms with Crippen LogP contribution in [0.1, 0.15) is 6.92 Å². The lowest BCUT2D eigenvalue weighted by Gasteiger charge is -2.38. The zero-order chi connectivity index (χ0) is 13.0. The molecule has 1 heterocycles. The third-order valence-corrected chi connectivity index (χ3v) is 2.30. The predicted molar refractivity (Wildman–Crippen MR) is 52.5 cm³/mol. The van der Waals surface area contributed by atoms with E-state index in [-0.39, 0.29) is 6.61 Å². The topological polar surface area (TPSA) is 145 Å². The van der Waals surface area contributed by atoms with E-state index in [1.54, 1.807) is 0 Å². The number of nitrogens with zero attached hydrogens (tertiary/aromatic N) is 3. The van der Waals surface area contributed by atoms with Crippen LogP contribution in [0.3, 0.4) is 0 Å². The fraction of sp³-hybridized carbons (Fsp3) is 0.875. The summed E-state index contributed by atoms with van der Waals surface area (Å²) in [5, 5.41) is 31.6. The maximum absolute atomic E-state index is 10.6. The highest BCUT2D eigenvalue weighted by atomic mass is 16.6. The van der Waals surface area contributed by atoms with Crippen LogP contribution >= 0.6 is 0 Å². The van der Waals surface area contributed by atoms with Gasteiger partial charge in [0.15, 0.2) is 6.23 Å². The van der Waals surface area contributed by atoms with Crippen molar-refractivity contribution in [3.05, 3.63) is 10.4 Å². The number of ether oxygens (including phenoxy) is 2. The van der Waals surface area contributed by atoms with Crippen molar-refractivity contribution in [2.24, 2.45) is 5.11 Å². The van der Waals surface area contributed by atoms with Gasteiger partial charge in [-0.05, 0) is 5.53 Å². The lowest BCUT2D eigenvalue weighted by atomic mass is 9.99. The summed E-state index contributed by atoms with van der Waals surface area (Å²) in [7, 11) is 0. The van der Waals surface area contributed by atoms with Gasteiger partial charge in [-0.3, -0.25) is 4.79 Å². The Kier molecular flexibility index (Phi) is 4.67. The van der Waals surface area contributed by atoms with Crippen LogP contribution in [-0.4, -0.2) is 58.5 Å². The molecule has 3 N–H and O–H groups in total. The fourth-order valence-corrected chi connectivity index (χ4v) is 1.41. The van der Waals surface area contributed by atoms with Crippen molar-refractivity contribution >= 4 is 5.97 Å². The third-order valence-electron chi connectivity index (χ3n) is 2.30. The van der Waals surface area contributed by atoms with Crippen LogP contribution in [0.15, 0.2) is 5.11 Å². The molecular weight excluding hydrogens is 234 g/mol. The number of hydrogen-bond donors (Lipinski definition) is 3. The van der Waals surface area contributed by atoms with Crippen molar-refractivity contribution < 1.29 is 29.6 Å². The molecule has 9 heteroatoms. The van der Waals surface area contributed by atoms with Gasteiger partial charge in [0.05, 0.1) is 0 Å². The quantitative estimate of drug-likeness (QED) is 0.244. The van der Waals surface area contributed by atoms with Crippen LogP contribution in [0, 0.1) is 0 Å². The molecule has 0 radical (unpaired) electrons. The van der Waals surface area contributed by atoms with Gasteiger partial charge >= 0.3 is 5.97 Å². The maximum atomic E-state index is 10.6. The van der Waals surface area contributed by atoms with E-state index in [2.05, 4.69) is 14.8 Å². The van der Waals surface area contributed by atoms with Gasteiger partial charge in [0.2, 0.25) is 0 Å². The van der Waals surface area contributed by atoms with Gasteiger partial charge in [0.1, 0.15) is 31.0 Å². The molecule has 5 atom stereocenters. The van der Waals surface area contributed by atoms with Crippen molar-refractivity contribution in [1.82, 2.24) is 0 Å². The monoisotopic (exact) mass is 247 g/mol. The van der Waals surface area contributed by atoms with E-state index < -0.39 is 36.6 Å². The molecule has 0 unspecified atom stereocenters. The Morgan fingerprint density at radius 3 is 2.59 bits per heavy atom. The van der Waals surface area contributed by atoms with E-state index in [0.29, 0.717) is 0 Å². The second-order valence-corrected chi connectivity index (χ2v) is 3.54. The molecule has 1 aliphatic heterocycles. The minimum absolute atomic E-state index is 0.308. The van der Waals surface area contributed by atoms with Gasteiger partial charge in [0, 0.05) is 11.8 Å². The Morgan fingerprint density at radius 1 is 1.41 bits per heavy atom. The van der Waals surface area contributed by atoms with E-state index in [1.807, 2.05) is 0 Å². The molecule has 0 bridgehead atoms. The normalized spacial score (nSPS) is 37.1. The summed E-state index contributed by atoms with van der Waals surface area (Å²) in [4.78, 5) is 13.0. The Hall–Kier alpha value is -1.38. The highest BCUT2D eigenvalue weighted by molar-refractivity contribution is 5.65. The van der Waals surface area contributed by atoms with Crippen molar-refractivity contribution in [2.75, 3.05) is 6.61 Å². The van der Waals surface area contributed by atoms with Gasteiger partial charge in [0.25, 0.3) is 0 Å². The lowest BCUT2D eigenvalue weighted by molar-refractivity contribution is -0.229. The predicted octanol–water partition coefficient (Wildman–Crippen LogP) is -1.33. The summed E-state index contributed by atoms with van der Waals surface area (Å²) >= 11 is 0. The first kappa shape index (κ1) is 13.7. The highest BCUT2D eigenvalue weighted by Gasteiger charge is 2.43. The van der Waals surface area contributed by atoms with Crippen LogP contribution < -0.4 is 0 Å². The number of aliphatic hydroxyl groups is 3. The van der Waals surface area contributed by atoms with Crippen molar-refractivity contribution in [3.63, 3.8) is 0 Å². The fourth-order valence-electron chi connectivity index (χ4n) is 1.41. The molecule has 1 aliphatic rings. The van der Waals surface area contributed by atoms with Crippen LogP contribution in [0.5, 0.6) is 0 Å². The maximum Gasteiger partial charge on any atom is 0.302 e. The minimum atomic E-state index is -1.54. The van der Waals surface area contributed by atoms with Crippen LogP contribution in [0.4, 0.5) is 0 Å². The molecule has 9 nitrogen and oxygen atoms in total. The minimum Gasteiger partial charge on any atom is -0.463 e. The summed E-state index contributed by atoms with van der Waals surface area (Å²) in [5.74, 6) is -0.582.